The minimum Gasteiger partial charge on any atom is -0.487 e. The van der Waals surface area contributed by atoms with Crippen molar-refractivity contribution in [2.75, 3.05) is 18.8 Å². The number of hydrogen-bond acceptors (Lipinski definition) is 6. The number of ether oxygens (including phenoxy) is 1. The molecule has 0 spiro atoms. The van der Waals surface area contributed by atoms with Gasteiger partial charge in [0.2, 0.25) is 5.95 Å². The van der Waals surface area contributed by atoms with Crippen molar-refractivity contribution in [3.8, 4) is 16.9 Å². The first-order chi connectivity index (χ1) is 14.9. The normalized spacial score (nSPS) is 20.3. The molecule has 0 radical (unpaired) electrons. The Morgan fingerprint density at radius 2 is 1.87 bits per heavy atom. The van der Waals surface area contributed by atoms with E-state index >= 15 is 0 Å². The second-order valence-corrected chi connectivity index (χ2v) is 9.36. The Kier molecular flexibility index (Phi) is 5.10. The molecule has 3 aromatic rings. The van der Waals surface area contributed by atoms with Crippen LogP contribution >= 0.6 is 0 Å². The lowest BCUT2D eigenvalue weighted by Crippen LogP contribution is -2.34. The predicted molar refractivity (Wildman–Crippen MR) is 122 cm³/mol. The third kappa shape index (κ3) is 4.39. The smallest absolute Gasteiger partial charge is 0.219 e. The molecule has 5 rings (SSSR count). The molecule has 2 aliphatic heterocycles. The van der Waals surface area contributed by atoms with Crippen LogP contribution in [0.1, 0.15) is 49.4 Å². The van der Waals surface area contributed by atoms with Crippen molar-refractivity contribution in [3.63, 3.8) is 0 Å². The molecule has 0 bridgehead atoms. The molecule has 1 atom stereocenters. The monoisotopic (exact) mass is 415 g/mol. The van der Waals surface area contributed by atoms with Crippen molar-refractivity contribution < 1.29 is 4.74 Å². The minimum atomic E-state index is -0.0898. The van der Waals surface area contributed by atoms with Crippen molar-refractivity contribution >= 4 is 5.95 Å². The van der Waals surface area contributed by atoms with Gasteiger partial charge in [0, 0.05) is 60.8 Å². The fourth-order valence-electron chi connectivity index (χ4n) is 4.76. The lowest BCUT2D eigenvalue weighted by Gasteiger charge is -2.32. The summed E-state index contributed by atoms with van der Waals surface area (Å²) in [6.07, 6.45) is 8.76. The van der Waals surface area contributed by atoms with Crippen LogP contribution in [0.5, 0.6) is 5.75 Å². The number of likely N-dealkylation sites (tertiary alicyclic amines) is 1. The SMILES string of the molecule is CC1(C)Cc2cc(CN3CCC[C@@H](c4ccc(-c5cnc(N)nc5)cn4)C3)ccc2O1. The molecule has 6 heteroatoms. The van der Waals surface area contributed by atoms with Crippen LogP contribution in [0, 0.1) is 0 Å². The maximum absolute atomic E-state index is 6.03. The van der Waals surface area contributed by atoms with E-state index in [2.05, 4.69) is 59.0 Å². The van der Waals surface area contributed by atoms with E-state index < -0.39 is 0 Å². The Bertz CT molecular complexity index is 1060. The van der Waals surface area contributed by atoms with Gasteiger partial charge in [0.15, 0.2) is 0 Å². The molecule has 1 aromatic carbocycles. The Balaban J connectivity index is 1.25. The average molecular weight is 416 g/mol. The molecular formula is C25H29N5O. The van der Waals surface area contributed by atoms with Crippen LogP contribution in [0.2, 0.25) is 0 Å². The molecule has 6 nitrogen and oxygen atoms in total. The number of benzene rings is 1. The number of fused-ring (bicyclic) bond motifs is 1. The van der Waals surface area contributed by atoms with E-state index in [-0.39, 0.29) is 11.5 Å². The maximum Gasteiger partial charge on any atom is 0.219 e. The number of rotatable bonds is 4. The fraction of sp³-hybridized carbons (Fsp3) is 0.400. The van der Waals surface area contributed by atoms with Crippen LogP contribution < -0.4 is 10.5 Å². The van der Waals surface area contributed by atoms with Gasteiger partial charge in [-0.1, -0.05) is 18.2 Å². The second kappa shape index (κ2) is 7.93. The van der Waals surface area contributed by atoms with Gasteiger partial charge in [-0.05, 0) is 56.5 Å². The number of nitrogen functional groups attached to an aromatic ring is 1. The van der Waals surface area contributed by atoms with Gasteiger partial charge in [0.1, 0.15) is 11.4 Å². The third-order valence-electron chi connectivity index (χ3n) is 6.25. The van der Waals surface area contributed by atoms with Crippen LogP contribution in [0.25, 0.3) is 11.1 Å². The fourth-order valence-corrected chi connectivity index (χ4v) is 4.76. The molecule has 2 aliphatic rings. The van der Waals surface area contributed by atoms with Gasteiger partial charge in [-0.3, -0.25) is 9.88 Å². The van der Waals surface area contributed by atoms with E-state index in [1.807, 2.05) is 6.20 Å². The summed E-state index contributed by atoms with van der Waals surface area (Å²) in [6.45, 7) is 7.46. The second-order valence-electron chi connectivity index (χ2n) is 9.36. The van der Waals surface area contributed by atoms with Crippen LogP contribution in [0.3, 0.4) is 0 Å². The van der Waals surface area contributed by atoms with Crippen molar-refractivity contribution in [3.05, 3.63) is 65.7 Å². The van der Waals surface area contributed by atoms with Crippen molar-refractivity contribution in [2.24, 2.45) is 0 Å². The van der Waals surface area contributed by atoms with Gasteiger partial charge < -0.3 is 10.5 Å². The van der Waals surface area contributed by atoms with Gasteiger partial charge in [-0.15, -0.1) is 0 Å². The Morgan fingerprint density at radius 1 is 1.06 bits per heavy atom. The molecule has 0 amide bonds. The first kappa shape index (κ1) is 19.9. The lowest BCUT2D eigenvalue weighted by molar-refractivity contribution is 0.138. The highest BCUT2D eigenvalue weighted by molar-refractivity contribution is 5.60. The lowest BCUT2D eigenvalue weighted by atomic mass is 9.93. The summed E-state index contributed by atoms with van der Waals surface area (Å²) in [4.78, 5) is 15.5. The van der Waals surface area contributed by atoms with Gasteiger partial charge in [0.25, 0.3) is 0 Å². The summed E-state index contributed by atoms with van der Waals surface area (Å²) in [5.41, 5.74) is 11.3. The molecular weight excluding hydrogens is 386 g/mol. The van der Waals surface area contributed by atoms with Crippen LogP contribution in [-0.4, -0.2) is 38.5 Å². The number of anilines is 1. The van der Waals surface area contributed by atoms with Crippen LogP contribution in [-0.2, 0) is 13.0 Å². The first-order valence-corrected chi connectivity index (χ1v) is 11.0. The van der Waals surface area contributed by atoms with E-state index in [4.69, 9.17) is 15.5 Å². The Morgan fingerprint density at radius 3 is 2.65 bits per heavy atom. The number of nitrogens with zero attached hydrogens (tertiary/aromatic N) is 4. The van der Waals surface area contributed by atoms with Crippen molar-refractivity contribution in [1.29, 1.82) is 0 Å². The van der Waals surface area contributed by atoms with Gasteiger partial charge in [0.05, 0.1) is 0 Å². The number of hydrogen-bond donors (Lipinski definition) is 1. The van der Waals surface area contributed by atoms with E-state index in [1.54, 1.807) is 12.4 Å². The van der Waals surface area contributed by atoms with E-state index in [1.165, 1.54) is 24.0 Å². The maximum atomic E-state index is 6.03. The zero-order valence-corrected chi connectivity index (χ0v) is 18.2. The number of aromatic nitrogens is 3. The molecule has 4 heterocycles. The minimum absolute atomic E-state index is 0.0898. The molecule has 1 fully saturated rings. The van der Waals surface area contributed by atoms with E-state index in [0.29, 0.717) is 5.92 Å². The van der Waals surface area contributed by atoms with Gasteiger partial charge in [-0.25, -0.2) is 9.97 Å². The van der Waals surface area contributed by atoms with Crippen molar-refractivity contribution in [1.82, 2.24) is 19.9 Å². The number of nitrogens with two attached hydrogens (primary N) is 1. The standard InChI is InChI=1S/C25H29N5O/c1-25(2)11-20-10-17(5-8-23(20)31-25)15-30-9-3-4-19(16-30)22-7-6-18(12-27-22)21-13-28-24(26)29-14-21/h5-8,10,12-14,19H,3-4,9,11,15-16H2,1-2H3,(H2,26,28,29)/t19-/m1/s1. The summed E-state index contributed by atoms with van der Waals surface area (Å²) in [7, 11) is 0. The predicted octanol–water partition coefficient (Wildman–Crippen LogP) is 4.21. The Labute approximate surface area is 183 Å². The summed E-state index contributed by atoms with van der Waals surface area (Å²) in [6, 6.07) is 10.9. The largest absolute Gasteiger partial charge is 0.487 e. The van der Waals surface area contributed by atoms with Crippen molar-refractivity contribution in [2.45, 2.75) is 51.2 Å². The molecule has 0 saturated carbocycles. The topological polar surface area (TPSA) is 77.2 Å². The summed E-state index contributed by atoms with van der Waals surface area (Å²) >= 11 is 0. The highest BCUT2D eigenvalue weighted by Gasteiger charge is 2.30. The molecule has 31 heavy (non-hydrogen) atoms. The van der Waals surface area contributed by atoms with E-state index in [0.717, 1.165) is 48.6 Å². The molecule has 1 saturated heterocycles. The average Bonchev–Trinajstić information content (AvgIpc) is 3.08. The quantitative estimate of drug-likeness (QED) is 0.688. The molecule has 2 N–H and O–H groups in total. The van der Waals surface area contributed by atoms with Crippen LogP contribution in [0.4, 0.5) is 5.95 Å². The number of pyridine rings is 1. The summed E-state index contributed by atoms with van der Waals surface area (Å²) in [5.74, 6) is 1.79. The van der Waals surface area contributed by atoms with Gasteiger partial charge in [-0.2, -0.15) is 0 Å². The van der Waals surface area contributed by atoms with Crippen LogP contribution in [0.15, 0.2) is 48.9 Å². The third-order valence-corrected chi connectivity index (χ3v) is 6.25. The highest BCUT2D eigenvalue weighted by Crippen LogP contribution is 2.36. The summed E-state index contributed by atoms with van der Waals surface area (Å²) in [5, 5.41) is 0. The molecule has 2 aromatic heterocycles. The first-order valence-electron chi connectivity index (χ1n) is 11.0. The molecule has 160 valence electrons. The molecule has 0 unspecified atom stereocenters. The summed E-state index contributed by atoms with van der Waals surface area (Å²) < 4.78 is 6.03. The van der Waals surface area contributed by atoms with E-state index in [9.17, 15) is 0 Å². The number of piperidine rings is 1. The zero-order valence-electron chi connectivity index (χ0n) is 18.2. The Hall–Kier alpha value is -2.99. The zero-order chi connectivity index (χ0) is 21.4. The highest BCUT2D eigenvalue weighted by atomic mass is 16.5. The van der Waals surface area contributed by atoms with Gasteiger partial charge >= 0.3 is 0 Å². The molecule has 0 aliphatic carbocycles.